The van der Waals surface area contributed by atoms with E-state index >= 15 is 0 Å². The van der Waals surface area contributed by atoms with Gasteiger partial charge in [-0.05, 0) is 137 Å². The van der Waals surface area contributed by atoms with E-state index in [-0.39, 0.29) is 5.41 Å². The Hall–Kier alpha value is -7.48. The fourth-order valence-electron chi connectivity index (χ4n) is 9.50. The Morgan fingerprint density at radius 1 is 0.300 bits per heavy atom. The Morgan fingerprint density at radius 2 is 0.750 bits per heavy atom. The third-order valence-corrected chi connectivity index (χ3v) is 12.7. The van der Waals surface area contributed by atoms with Crippen LogP contribution in [0, 0.1) is 0 Å². The standard InChI is InChI=1S/C59H43N/c1-59(2)55-19-11-18-46-28-36-53(49-21-20-42-16-9-10-17-47(42)38-49)58(57(46)55)54-37-29-48(39-56(54)59)45-26-34-52(35-27-45)60(50-30-22-43(23-31-50)40-12-5-3-6-13-40)51-32-24-44(25-33-51)41-14-7-4-8-15-41/h3-39H,1-2H3. The largest absolute Gasteiger partial charge is 0.311 e. The minimum absolute atomic E-state index is 0.186. The van der Waals surface area contributed by atoms with Crippen LogP contribution < -0.4 is 4.90 Å². The van der Waals surface area contributed by atoms with Crippen molar-refractivity contribution in [2.24, 2.45) is 0 Å². The normalized spacial score (nSPS) is 12.6. The van der Waals surface area contributed by atoms with E-state index in [2.05, 4.69) is 243 Å². The quantitative estimate of drug-likeness (QED) is 0.156. The second-order valence-corrected chi connectivity index (χ2v) is 16.5. The van der Waals surface area contributed by atoms with E-state index in [1.807, 2.05) is 0 Å². The average molecular weight is 766 g/mol. The lowest BCUT2D eigenvalue weighted by Crippen LogP contribution is -2.24. The Kier molecular flexibility index (Phi) is 8.57. The van der Waals surface area contributed by atoms with Crippen molar-refractivity contribution in [1.82, 2.24) is 0 Å². The molecule has 0 saturated heterocycles. The number of rotatable bonds is 7. The molecule has 0 atom stereocenters. The number of hydrogen-bond donors (Lipinski definition) is 0. The Balaban J connectivity index is 0.991. The highest BCUT2D eigenvalue weighted by Crippen LogP contribution is 2.52. The number of nitrogens with zero attached hydrogens (tertiary/aromatic N) is 1. The van der Waals surface area contributed by atoms with Gasteiger partial charge in [0.1, 0.15) is 0 Å². The van der Waals surface area contributed by atoms with Crippen molar-refractivity contribution >= 4 is 38.6 Å². The van der Waals surface area contributed by atoms with Crippen LogP contribution in [0.2, 0.25) is 0 Å². The highest BCUT2D eigenvalue weighted by Gasteiger charge is 2.35. The number of fused-ring (bicyclic) bond motifs is 3. The predicted octanol–water partition coefficient (Wildman–Crippen LogP) is 16.4. The molecule has 0 radical (unpaired) electrons. The fraction of sp³-hybridized carbons (Fsp3) is 0.0508. The van der Waals surface area contributed by atoms with Gasteiger partial charge in [-0.15, -0.1) is 0 Å². The molecule has 0 bridgehead atoms. The lowest BCUT2D eigenvalue weighted by atomic mass is 9.67. The molecule has 60 heavy (non-hydrogen) atoms. The van der Waals surface area contributed by atoms with Crippen molar-refractivity contribution in [1.29, 1.82) is 0 Å². The van der Waals surface area contributed by atoms with Gasteiger partial charge < -0.3 is 4.90 Å². The minimum Gasteiger partial charge on any atom is -0.311 e. The van der Waals surface area contributed by atoms with Gasteiger partial charge in [0.15, 0.2) is 0 Å². The van der Waals surface area contributed by atoms with Gasteiger partial charge in [0.2, 0.25) is 0 Å². The Morgan fingerprint density at radius 3 is 1.35 bits per heavy atom. The summed E-state index contributed by atoms with van der Waals surface area (Å²) >= 11 is 0. The van der Waals surface area contributed by atoms with Crippen LogP contribution in [0.25, 0.3) is 77.2 Å². The van der Waals surface area contributed by atoms with Crippen LogP contribution in [0.4, 0.5) is 17.1 Å². The van der Waals surface area contributed by atoms with Crippen LogP contribution >= 0.6 is 0 Å². The zero-order chi connectivity index (χ0) is 40.2. The van der Waals surface area contributed by atoms with Gasteiger partial charge in [0.25, 0.3) is 0 Å². The zero-order valence-electron chi connectivity index (χ0n) is 33.8. The molecule has 0 N–H and O–H groups in total. The lowest BCUT2D eigenvalue weighted by molar-refractivity contribution is 0.645. The lowest BCUT2D eigenvalue weighted by Gasteiger charge is -2.36. The molecule has 0 heterocycles. The monoisotopic (exact) mass is 765 g/mol. The van der Waals surface area contributed by atoms with Crippen LogP contribution in [-0.4, -0.2) is 0 Å². The van der Waals surface area contributed by atoms with Gasteiger partial charge in [0, 0.05) is 22.5 Å². The van der Waals surface area contributed by atoms with Crippen LogP contribution in [0.5, 0.6) is 0 Å². The third kappa shape index (κ3) is 6.10. The molecule has 0 unspecified atom stereocenters. The molecule has 1 heteroatoms. The zero-order valence-corrected chi connectivity index (χ0v) is 33.8. The molecular weight excluding hydrogens is 723 g/mol. The van der Waals surface area contributed by atoms with Crippen molar-refractivity contribution in [2.45, 2.75) is 19.3 Å². The van der Waals surface area contributed by atoms with Crippen molar-refractivity contribution in [3.05, 3.63) is 236 Å². The van der Waals surface area contributed by atoms with Crippen LogP contribution in [-0.2, 0) is 5.41 Å². The molecular formula is C59H43N. The summed E-state index contributed by atoms with van der Waals surface area (Å²) in [5, 5.41) is 5.18. The summed E-state index contributed by atoms with van der Waals surface area (Å²) in [4.78, 5) is 2.36. The molecule has 10 aromatic carbocycles. The highest BCUT2D eigenvalue weighted by molar-refractivity contribution is 6.10. The predicted molar refractivity (Wildman–Crippen MR) is 255 cm³/mol. The van der Waals surface area contributed by atoms with E-state index in [1.54, 1.807) is 0 Å². The first kappa shape index (κ1) is 35.7. The summed E-state index contributed by atoms with van der Waals surface area (Å²) < 4.78 is 0. The molecule has 10 aromatic rings. The number of hydrogen-bond acceptors (Lipinski definition) is 1. The molecule has 1 nitrogen and oxygen atoms in total. The maximum Gasteiger partial charge on any atom is 0.0462 e. The summed E-state index contributed by atoms with van der Waals surface area (Å²) in [6, 6.07) is 82.3. The smallest absolute Gasteiger partial charge is 0.0462 e. The van der Waals surface area contributed by atoms with Gasteiger partial charge in [-0.25, -0.2) is 0 Å². The van der Waals surface area contributed by atoms with E-state index in [0.717, 1.165) is 17.1 Å². The second kappa shape index (κ2) is 14.4. The number of benzene rings is 10. The molecule has 0 fully saturated rings. The maximum atomic E-state index is 2.45. The number of anilines is 3. The highest BCUT2D eigenvalue weighted by atomic mass is 15.1. The second-order valence-electron chi connectivity index (χ2n) is 16.5. The van der Waals surface area contributed by atoms with Crippen molar-refractivity contribution in [3.8, 4) is 55.6 Å². The van der Waals surface area contributed by atoms with Gasteiger partial charge in [-0.3, -0.25) is 0 Å². The molecule has 284 valence electrons. The van der Waals surface area contributed by atoms with E-state index in [1.165, 1.54) is 88.3 Å². The summed E-state index contributed by atoms with van der Waals surface area (Å²) in [7, 11) is 0. The van der Waals surface area contributed by atoms with Crippen molar-refractivity contribution in [3.63, 3.8) is 0 Å². The van der Waals surface area contributed by atoms with Gasteiger partial charge >= 0.3 is 0 Å². The van der Waals surface area contributed by atoms with Crippen molar-refractivity contribution < 1.29 is 0 Å². The first-order valence-corrected chi connectivity index (χ1v) is 20.9. The Labute approximate surface area is 352 Å². The molecule has 1 aliphatic rings. The van der Waals surface area contributed by atoms with E-state index in [4.69, 9.17) is 0 Å². The third-order valence-electron chi connectivity index (χ3n) is 12.7. The summed E-state index contributed by atoms with van der Waals surface area (Å²) in [6.45, 7) is 4.78. The SMILES string of the molecule is CC1(C)c2cc(-c3ccc(N(c4ccc(-c5ccccc5)cc4)c4ccc(-c5ccccc5)cc4)cc3)ccc2-c2c(-c3ccc4ccccc4c3)ccc3cccc1c23. The first-order chi connectivity index (χ1) is 29.5. The Bertz CT molecular complexity index is 3100. The molecule has 11 rings (SSSR count). The fourth-order valence-corrected chi connectivity index (χ4v) is 9.50. The first-order valence-electron chi connectivity index (χ1n) is 20.9. The summed E-state index contributed by atoms with van der Waals surface area (Å²) in [5.74, 6) is 0. The topological polar surface area (TPSA) is 3.24 Å². The molecule has 1 aliphatic carbocycles. The van der Waals surface area contributed by atoms with Gasteiger partial charge in [0.05, 0.1) is 0 Å². The average Bonchev–Trinajstić information content (AvgIpc) is 3.31. The summed E-state index contributed by atoms with van der Waals surface area (Å²) in [6.07, 6.45) is 0. The van der Waals surface area contributed by atoms with Crippen molar-refractivity contribution in [2.75, 3.05) is 4.90 Å². The molecule has 0 amide bonds. The molecule has 0 aromatic heterocycles. The van der Waals surface area contributed by atoms with Crippen LogP contribution in [0.1, 0.15) is 25.0 Å². The molecule has 0 saturated carbocycles. The minimum atomic E-state index is -0.186. The van der Waals surface area contributed by atoms with Crippen LogP contribution in [0.3, 0.4) is 0 Å². The van der Waals surface area contributed by atoms with Gasteiger partial charge in [-0.1, -0.05) is 190 Å². The molecule has 0 aliphatic heterocycles. The maximum absolute atomic E-state index is 2.45. The molecule has 0 spiro atoms. The van der Waals surface area contributed by atoms with Gasteiger partial charge in [-0.2, -0.15) is 0 Å². The van der Waals surface area contributed by atoms with E-state index < -0.39 is 0 Å². The van der Waals surface area contributed by atoms with Crippen LogP contribution in [0.15, 0.2) is 224 Å². The summed E-state index contributed by atoms with van der Waals surface area (Å²) in [5.41, 5.74) is 18.3. The van der Waals surface area contributed by atoms with E-state index in [9.17, 15) is 0 Å². The van der Waals surface area contributed by atoms with E-state index in [0.29, 0.717) is 0 Å².